The number of aromatic nitrogens is 2. The third kappa shape index (κ3) is 3.28. The Hall–Kier alpha value is -1.96. The molecule has 0 aliphatic carbocycles. The van der Waals surface area contributed by atoms with Gasteiger partial charge in [-0.3, -0.25) is 10.1 Å². The summed E-state index contributed by atoms with van der Waals surface area (Å²) in [4.78, 5) is 18.2. The van der Waals surface area contributed by atoms with Crippen molar-refractivity contribution in [1.82, 2.24) is 15.3 Å². The first kappa shape index (κ1) is 13.5. The molecule has 19 heavy (non-hydrogen) atoms. The van der Waals surface area contributed by atoms with E-state index in [0.717, 1.165) is 13.0 Å². The van der Waals surface area contributed by atoms with Crippen LogP contribution in [-0.2, 0) is 0 Å². The molecule has 0 aromatic carbocycles. The molecule has 1 atom stereocenters. The van der Waals surface area contributed by atoms with Crippen LogP contribution in [0.4, 0.5) is 11.5 Å². The highest BCUT2D eigenvalue weighted by Gasteiger charge is 2.24. The van der Waals surface area contributed by atoms with E-state index in [0.29, 0.717) is 12.6 Å². The lowest BCUT2D eigenvalue weighted by atomic mass is 10.1. The van der Waals surface area contributed by atoms with Gasteiger partial charge in [-0.1, -0.05) is 6.42 Å². The Morgan fingerprint density at radius 1 is 1.58 bits per heavy atom. The molecule has 2 N–H and O–H groups in total. The van der Waals surface area contributed by atoms with Crippen LogP contribution in [0.25, 0.3) is 0 Å². The van der Waals surface area contributed by atoms with Gasteiger partial charge in [-0.25, -0.2) is 4.98 Å². The number of ether oxygens (including phenoxy) is 1. The third-order valence-electron chi connectivity index (χ3n) is 3.09. The second-order valence-corrected chi connectivity index (χ2v) is 4.36. The summed E-state index contributed by atoms with van der Waals surface area (Å²) in [5, 5.41) is 17.4. The molecule has 2 rings (SSSR count). The summed E-state index contributed by atoms with van der Waals surface area (Å²) in [6.07, 6.45) is 4.66. The molecule has 1 unspecified atom stereocenters. The minimum absolute atomic E-state index is 0.0286. The Morgan fingerprint density at radius 2 is 2.42 bits per heavy atom. The molecule has 8 nitrogen and oxygen atoms in total. The Bertz CT molecular complexity index is 448. The minimum atomic E-state index is -0.532. The third-order valence-corrected chi connectivity index (χ3v) is 3.09. The maximum atomic E-state index is 11.0. The normalized spacial score (nSPS) is 18.9. The fourth-order valence-corrected chi connectivity index (χ4v) is 2.12. The fourth-order valence-electron chi connectivity index (χ4n) is 2.12. The quantitative estimate of drug-likeness (QED) is 0.604. The molecule has 0 amide bonds. The predicted octanol–water partition coefficient (Wildman–Crippen LogP) is 0.947. The number of anilines is 1. The van der Waals surface area contributed by atoms with E-state index >= 15 is 0 Å². The molecule has 0 radical (unpaired) electrons. The van der Waals surface area contributed by atoms with Gasteiger partial charge in [-0.2, -0.15) is 4.98 Å². The first-order chi connectivity index (χ1) is 9.22. The van der Waals surface area contributed by atoms with Crippen LogP contribution in [0.3, 0.4) is 0 Å². The van der Waals surface area contributed by atoms with Crippen molar-refractivity contribution >= 4 is 11.5 Å². The molecule has 104 valence electrons. The summed E-state index contributed by atoms with van der Waals surface area (Å²) in [5.41, 5.74) is -0.221. The highest BCUT2D eigenvalue weighted by Crippen LogP contribution is 2.30. The molecule has 1 aliphatic rings. The number of nitrogens with zero attached hydrogens (tertiary/aromatic N) is 3. The molecule has 1 aromatic heterocycles. The maximum absolute atomic E-state index is 11.0. The Kier molecular flexibility index (Phi) is 4.45. The van der Waals surface area contributed by atoms with E-state index in [1.54, 1.807) is 0 Å². The molecular weight excluding hydrogens is 250 g/mol. The van der Waals surface area contributed by atoms with E-state index in [1.807, 2.05) is 0 Å². The Morgan fingerprint density at radius 3 is 3.05 bits per heavy atom. The number of piperidine rings is 1. The zero-order chi connectivity index (χ0) is 13.7. The standard InChI is InChI=1S/C11H17N5O3/c1-19-11-9(16(17)18)10(14-7-15-11)13-6-8-4-2-3-5-12-8/h7-8,12H,2-6H2,1H3,(H,13,14,15). The number of nitro groups is 1. The molecule has 2 heterocycles. The van der Waals surface area contributed by atoms with E-state index < -0.39 is 4.92 Å². The molecule has 0 bridgehead atoms. The van der Waals surface area contributed by atoms with Gasteiger partial charge in [0, 0.05) is 12.6 Å². The van der Waals surface area contributed by atoms with Gasteiger partial charge in [-0.15, -0.1) is 0 Å². The van der Waals surface area contributed by atoms with Gasteiger partial charge in [0.15, 0.2) is 0 Å². The van der Waals surface area contributed by atoms with Crippen molar-refractivity contribution < 1.29 is 9.66 Å². The Balaban J connectivity index is 2.08. The Labute approximate surface area is 110 Å². The highest BCUT2D eigenvalue weighted by molar-refractivity contribution is 5.61. The molecule has 0 spiro atoms. The van der Waals surface area contributed by atoms with Gasteiger partial charge in [0.2, 0.25) is 5.82 Å². The highest BCUT2D eigenvalue weighted by atomic mass is 16.6. The van der Waals surface area contributed by atoms with Gasteiger partial charge in [0.05, 0.1) is 12.0 Å². The van der Waals surface area contributed by atoms with Crippen LogP contribution >= 0.6 is 0 Å². The average molecular weight is 267 g/mol. The number of nitrogens with one attached hydrogen (secondary N) is 2. The van der Waals surface area contributed by atoms with E-state index in [2.05, 4.69) is 20.6 Å². The van der Waals surface area contributed by atoms with Gasteiger partial charge < -0.3 is 15.4 Å². The maximum Gasteiger partial charge on any atom is 0.372 e. The van der Waals surface area contributed by atoms with Gasteiger partial charge >= 0.3 is 5.69 Å². The predicted molar refractivity (Wildman–Crippen MR) is 69.4 cm³/mol. The van der Waals surface area contributed by atoms with Crippen molar-refractivity contribution in [3.05, 3.63) is 16.4 Å². The molecule has 1 aliphatic heterocycles. The van der Waals surface area contributed by atoms with E-state index in [9.17, 15) is 10.1 Å². The lowest BCUT2D eigenvalue weighted by molar-refractivity contribution is -0.385. The summed E-state index contributed by atoms with van der Waals surface area (Å²) in [6, 6.07) is 0.314. The first-order valence-corrected chi connectivity index (χ1v) is 6.23. The zero-order valence-corrected chi connectivity index (χ0v) is 10.8. The SMILES string of the molecule is COc1ncnc(NCC2CCCCN2)c1[N+](=O)[O-]. The van der Waals surface area contributed by atoms with Crippen LogP contribution in [0.1, 0.15) is 19.3 Å². The summed E-state index contributed by atoms with van der Waals surface area (Å²) in [5.74, 6) is 0.170. The molecule has 1 saturated heterocycles. The summed E-state index contributed by atoms with van der Waals surface area (Å²) >= 11 is 0. The van der Waals surface area contributed by atoms with Crippen molar-refractivity contribution in [2.24, 2.45) is 0 Å². The van der Waals surface area contributed by atoms with E-state index in [1.165, 1.54) is 26.3 Å². The minimum Gasteiger partial charge on any atom is -0.476 e. The number of methoxy groups -OCH3 is 1. The van der Waals surface area contributed by atoms with Crippen molar-refractivity contribution in [2.45, 2.75) is 25.3 Å². The van der Waals surface area contributed by atoms with Crippen LogP contribution in [0.5, 0.6) is 5.88 Å². The largest absolute Gasteiger partial charge is 0.476 e. The topological polar surface area (TPSA) is 102 Å². The molecule has 1 fully saturated rings. The van der Waals surface area contributed by atoms with E-state index in [4.69, 9.17) is 4.74 Å². The summed E-state index contributed by atoms with van der Waals surface area (Å²) in [7, 11) is 1.35. The first-order valence-electron chi connectivity index (χ1n) is 6.23. The van der Waals surface area contributed by atoms with Crippen molar-refractivity contribution in [1.29, 1.82) is 0 Å². The molecule has 8 heteroatoms. The lowest BCUT2D eigenvalue weighted by Gasteiger charge is -2.23. The monoisotopic (exact) mass is 267 g/mol. The van der Waals surface area contributed by atoms with Crippen LogP contribution in [0, 0.1) is 10.1 Å². The van der Waals surface area contributed by atoms with Crippen LogP contribution in [-0.4, -0.2) is 41.1 Å². The fraction of sp³-hybridized carbons (Fsp3) is 0.636. The number of hydrogen-bond acceptors (Lipinski definition) is 7. The summed E-state index contributed by atoms with van der Waals surface area (Å²) < 4.78 is 4.89. The van der Waals surface area contributed by atoms with Gasteiger partial charge in [0.25, 0.3) is 5.88 Å². The van der Waals surface area contributed by atoms with Crippen molar-refractivity contribution in [2.75, 3.05) is 25.5 Å². The van der Waals surface area contributed by atoms with Crippen molar-refractivity contribution in [3.63, 3.8) is 0 Å². The summed E-state index contributed by atoms with van der Waals surface area (Å²) in [6.45, 7) is 1.59. The van der Waals surface area contributed by atoms with Gasteiger partial charge in [-0.05, 0) is 19.4 Å². The number of hydrogen-bond donors (Lipinski definition) is 2. The van der Waals surface area contributed by atoms with Crippen LogP contribution in [0.2, 0.25) is 0 Å². The van der Waals surface area contributed by atoms with Gasteiger partial charge in [0.1, 0.15) is 6.33 Å². The second-order valence-electron chi connectivity index (χ2n) is 4.36. The van der Waals surface area contributed by atoms with E-state index in [-0.39, 0.29) is 17.4 Å². The second kappa shape index (κ2) is 6.28. The smallest absolute Gasteiger partial charge is 0.372 e. The molecule has 1 aromatic rings. The molecule has 0 saturated carbocycles. The van der Waals surface area contributed by atoms with Crippen molar-refractivity contribution in [3.8, 4) is 5.88 Å². The average Bonchev–Trinajstić information content (AvgIpc) is 2.45. The number of rotatable bonds is 5. The molecular formula is C11H17N5O3. The zero-order valence-electron chi connectivity index (χ0n) is 10.8. The van der Waals surface area contributed by atoms with Crippen LogP contribution in [0.15, 0.2) is 6.33 Å². The lowest BCUT2D eigenvalue weighted by Crippen LogP contribution is -2.39. The van der Waals surface area contributed by atoms with Crippen LogP contribution < -0.4 is 15.4 Å².